The zero-order valence-corrected chi connectivity index (χ0v) is 17.1. The second kappa shape index (κ2) is 8.56. The number of hydrogen-bond donors (Lipinski definition) is 3. The van der Waals surface area contributed by atoms with Crippen molar-refractivity contribution in [1.82, 2.24) is 0 Å². The van der Waals surface area contributed by atoms with Crippen LogP contribution in [0.1, 0.15) is 55.5 Å². The van der Waals surface area contributed by atoms with Gasteiger partial charge in [0.05, 0.1) is 0 Å². The summed E-state index contributed by atoms with van der Waals surface area (Å²) in [5.41, 5.74) is 3.35. The van der Waals surface area contributed by atoms with Crippen molar-refractivity contribution in [3.63, 3.8) is 0 Å². The van der Waals surface area contributed by atoms with Crippen molar-refractivity contribution < 1.29 is 20.1 Å². The molecule has 4 heteroatoms. The molecule has 0 bridgehead atoms. The van der Waals surface area contributed by atoms with Gasteiger partial charge in [0.15, 0.2) is 5.78 Å². The van der Waals surface area contributed by atoms with Crippen LogP contribution < -0.4 is 0 Å². The van der Waals surface area contributed by atoms with E-state index in [1.807, 2.05) is 32.0 Å². The summed E-state index contributed by atoms with van der Waals surface area (Å²) in [5.74, 6) is -1.66. The molecule has 0 saturated heterocycles. The maximum Gasteiger partial charge on any atom is 0.174 e. The molecule has 0 unspecified atom stereocenters. The third-order valence-corrected chi connectivity index (χ3v) is 5.71. The quantitative estimate of drug-likeness (QED) is 0.450. The van der Waals surface area contributed by atoms with E-state index in [0.717, 1.165) is 29.7 Å². The van der Waals surface area contributed by atoms with E-state index in [1.165, 1.54) is 5.57 Å². The number of carbonyl (C=O) groups is 1. The third-order valence-electron chi connectivity index (χ3n) is 5.71. The lowest BCUT2D eigenvalue weighted by molar-refractivity contribution is 0.0860. The summed E-state index contributed by atoms with van der Waals surface area (Å²) in [7, 11) is 0. The van der Waals surface area contributed by atoms with Gasteiger partial charge in [0, 0.05) is 24.0 Å². The zero-order valence-electron chi connectivity index (χ0n) is 17.1. The summed E-state index contributed by atoms with van der Waals surface area (Å²) in [5, 5.41) is 30.1. The number of phenols is 3. The third kappa shape index (κ3) is 4.53. The Labute approximate surface area is 171 Å². The van der Waals surface area contributed by atoms with Crippen molar-refractivity contribution in [2.45, 2.75) is 39.5 Å². The summed E-state index contributed by atoms with van der Waals surface area (Å²) in [4.78, 5) is 13.5. The molecule has 4 nitrogen and oxygen atoms in total. The lowest BCUT2D eigenvalue weighted by Gasteiger charge is -2.34. The summed E-state index contributed by atoms with van der Waals surface area (Å²) in [6.45, 7) is 6.11. The zero-order chi connectivity index (χ0) is 21.1. The fourth-order valence-corrected chi connectivity index (χ4v) is 4.23. The predicted molar refractivity (Wildman–Crippen MR) is 114 cm³/mol. The lowest BCUT2D eigenvalue weighted by atomic mass is 9.68. The van der Waals surface area contributed by atoms with Gasteiger partial charge in [0.2, 0.25) is 0 Å². The minimum absolute atomic E-state index is 0.00929. The van der Waals surface area contributed by atoms with Crippen LogP contribution in [0.5, 0.6) is 17.2 Å². The molecule has 0 aliphatic heterocycles. The minimum Gasteiger partial charge on any atom is -0.508 e. The molecule has 0 heterocycles. The van der Waals surface area contributed by atoms with Gasteiger partial charge in [-0.25, -0.2) is 0 Å². The van der Waals surface area contributed by atoms with E-state index in [2.05, 4.69) is 31.2 Å². The second-order valence-electron chi connectivity index (χ2n) is 8.12. The molecule has 3 atom stereocenters. The first-order valence-electron chi connectivity index (χ1n) is 9.93. The van der Waals surface area contributed by atoms with E-state index < -0.39 is 11.5 Å². The van der Waals surface area contributed by atoms with Gasteiger partial charge in [0.25, 0.3) is 0 Å². The maximum atomic E-state index is 13.5. The van der Waals surface area contributed by atoms with Gasteiger partial charge in [0.1, 0.15) is 22.8 Å². The van der Waals surface area contributed by atoms with E-state index in [1.54, 1.807) is 0 Å². The van der Waals surface area contributed by atoms with Gasteiger partial charge in [-0.1, -0.05) is 53.6 Å². The Morgan fingerprint density at radius 1 is 1.07 bits per heavy atom. The largest absolute Gasteiger partial charge is 0.508 e. The number of ketones is 1. The van der Waals surface area contributed by atoms with Crippen molar-refractivity contribution >= 4 is 5.78 Å². The Balaban J connectivity index is 2.03. The Morgan fingerprint density at radius 2 is 1.69 bits per heavy atom. The number of benzene rings is 2. The minimum atomic E-state index is -0.392. The smallest absolute Gasteiger partial charge is 0.174 e. The van der Waals surface area contributed by atoms with Gasteiger partial charge >= 0.3 is 0 Å². The molecule has 3 N–H and O–H groups in total. The van der Waals surface area contributed by atoms with Crippen LogP contribution in [0.3, 0.4) is 0 Å². The highest BCUT2D eigenvalue weighted by Gasteiger charge is 2.37. The number of allylic oxidation sites excluding steroid dienone is 4. The fraction of sp³-hybridized carbons (Fsp3) is 0.320. The maximum absolute atomic E-state index is 13.5. The molecule has 2 aromatic rings. The summed E-state index contributed by atoms with van der Waals surface area (Å²) >= 11 is 0. The topological polar surface area (TPSA) is 77.8 Å². The van der Waals surface area contributed by atoms with E-state index >= 15 is 0 Å². The number of phenolic OH excluding ortho intramolecular Hbond substituents is 3. The molecule has 29 heavy (non-hydrogen) atoms. The normalized spacial score (nSPS) is 21.3. The van der Waals surface area contributed by atoms with Crippen molar-refractivity contribution in [2.24, 2.45) is 11.8 Å². The molecular formula is C25H28O4. The summed E-state index contributed by atoms with van der Waals surface area (Å²) in [6.07, 6.45) is 5.68. The Kier molecular flexibility index (Phi) is 6.12. The fourth-order valence-electron chi connectivity index (χ4n) is 4.23. The van der Waals surface area contributed by atoms with Crippen LogP contribution in [-0.4, -0.2) is 21.1 Å². The molecule has 152 valence electrons. The molecule has 3 rings (SSSR count). The standard InChI is InChI=1S/C25H28O4/c1-15(2)9-10-20-16(3)11-18(17-7-5-4-6-8-17)12-21(20)25(29)24-22(27)13-19(26)14-23(24)28/h4-9,11,13-14,18,20-21,26-28H,10,12H2,1-3H3/t18-,20-,21+/m1/s1. The van der Waals surface area contributed by atoms with Crippen LogP contribution in [0.2, 0.25) is 0 Å². The molecular weight excluding hydrogens is 364 g/mol. The van der Waals surface area contributed by atoms with E-state index in [9.17, 15) is 20.1 Å². The first-order chi connectivity index (χ1) is 13.8. The van der Waals surface area contributed by atoms with Gasteiger partial charge < -0.3 is 15.3 Å². The molecule has 0 spiro atoms. The average Bonchev–Trinajstić information content (AvgIpc) is 2.66. The molecule has 0 amide bonds. The molecule has 0 saturated carbocycles. The van der Waals surface area contributed by atoms with Crippen molar-refractivity contribution in [3.8, 4) is 17.2 Å². The van der Waals surface area contributed by atoms with Crippen LogP contribution in [0.15, 0.2) is 65.8 Å². The molecule has 2 aromatic carbocycles. The monoisotopic (exact) mass is 392 g/mol. The Morgan fingerprint density at radius 3 is 2.28 bits per heavy atom. The summed E-state index contributed by atoms with van der Waals surface area (Å²) in [6, 6.07) is 12.3. The first kappa shape index (κ1) is 20.7. The van der Waals surface area contributed by atoms with Gasteiger partial charge in [-0.15, -0.1) is 0 Å². The number of rotatable bonds is 5. The summed E-state index contributed by atoms with van der Waals surface area (Å²) < 4.78 is 0. The number of hydrogen-bond acceptors (Lipinski definition) is 4. The molecule has 1 aliphatic carbocycles. The van der Waals surface area contributed by atoms with Crippen molar-refractivity contribution in [2.75, 3.05) is 0 Å². The van der Waals surface area contributed by atoms with E-state index in [0.29, 0.717) is 6.42 Å². The predicted octanol–water partition coefficient (Wildman–Crippen LogP) is 5.71. The SMILES string of the molecule is CC(C)=CC[C@@H]1C(C)=C[C@@H](c2ccccc2)C[C@@H]1C(=O)c1c(O)cc(O)cc1O. The van der Waals surface area contributed by atoms with E-state index in [-0.39, 0.29) is 34.8 Å². The molecule has 0 fully saturated rings. The van der Waals surface area contributed by atoms with Crippen LogP contribution in [0.25, 0.3) is 0 Å². The van der Waals surface area contributed by atoms with Gasteiger partial charge in [-0.05, 0) is 45.1 Å². The average molecular weight is 392 g/mol. The van der Waals surface area contributed by atoms with Gasteiger partial charge in [-0.3, -0.25) is 4.79 Å². The van der Waals surface area contributed by atoms with Crippen LogP contribution in [-0.2, 0) is 0 Å². The number of carbonyl (C=O) groups excluding carboxylic acids is 1. The number of aromatic hydroxyl groups is 3. The van der Waals surface area contributed by atoms with Crippen LogP contribution >= 0.6 is 0 Å². The highest BCUT2D eigenvalue weighted by atomic mass is 16.3. The molecule has 0 radical (unpaired) electrons. The van der Waals surface area contributed by atoms with Crippen molar-refractivity contribution in [3.05, 3.63) is 76.9 Å². The highest BCUT2D eigenvalue weighted by Crippen LogP contribution is 2.44. The van der Waals surface area contributed by atoms with Crippen LogP contribution in [0, 0.1) is 11.8 Å². The van der Waals surface area contributed by atoms with Crippen molar-refractivity contribution in [1.29, 1.82) is 0 Å². The first-order valence-corrected chi connectivity index (χ1v) is 9.93. The van der Waals surface area contributed by atoms with Crippen LogP contribution in [0.4, 0.5) is 0 Å². The van der Waals surface area contributed by atoms with Gasteiger partial charge in [-0.2, -0.15) is 0 Å². The number of Topliss-reactive ketones (excluding diaryl/α,β-unsaturated/α-hetero) is 1. The Hall–Kier alpha value is -3.01. The van der Waals surface area contributed by atoms with E-state index in [4.69, 9.17) is 0 Å². The second-order valence-corrected chi connectivity index (χ2v) is 8.12. The lowest BCUT2D eigenvalue weighted by Crippen LogP contribution is -2.30. The Bertz CT molecular complexity index is 929. The highest BCUT2D eigenvalue weighted by molar-refractivity contribution is 6.03. The molecule has 0 aromatic heterocycles. The molecule has 1 aliphatic rings.